The molecule has 0 aromatic carbocycles. The number of ether oxygens (including phenoxy) is 4. The van der Waals surface area contributed by atoms with Crippen LogP contribution in [0.3, 0.4) is 0 Å². The van der Waals surface area contributed by atoms with Crippen LogP contribution in [0.1, 0.15) is 233 Å². The van der Waals surface area contributed by atoms with E-state index in [2.05, 4.69) is 31.4 Å². The molecule has 0 aromatic rings. The first kappa shape index (κ1) is 67.5. The largest absolute Gasteiger partial charge is 0.394 e. The lowest BCUT2D eigenvalue weighted by Gasteiger charge is -2.47. The summed E-state index contributed by atoms with van der Waals surface area (Å²) in [5.41, 5.74) is 0. The predicted molar refractivity (Wildman–Crippen MR) is 282 cm³/mol. The number of aliphatic hydroxyl groups excluding tert-OH is 9. The molecule has 0 aliphatic carbocycles. The third-order valence-corrected chi connectivity index (χ3v) is 14.9. The summed E-state index contributed by atoms with van der Waals surface area (Å²) in [6.07, 6.45) is 17.4. The summed E-state index contributed by atoms with van der Waals surface area (Å²) in [7, 11) is 0. The van der Waals surface area contributed by atoms with Gasteiger partial charge in [0, 0.05) is 6.92 Å². The van der Waals surface area contributed by atoms with Crippen molar-refractivity contribution in [2.24, 2.45) is 5.92 Å². The number of rotatable bonds is 45. The molecule has 0 bridgehead atoms. The van der Waals surface area contributed by atoms with Gasteiger partial charge in [0.1, 0.15) is 61.0 Å². The average molecular weight is 1050 g/mol. The molecule has 2 aliphatic rings. The van der Waals surface area contributed by atoms with Crippen molar-refractivity contribution in [2.45, 2.75) is 319 Å². The first-order valence-electron chi connectivity index (χ1n) is 29.3. The average Bonchev–Trinajstić information content (AvgIpc) is 3.36. The van der Waals surface area contributed by atoms with E-state index in [9.17, 15) is 55.5 Å². The van der Waals surface area contributed by atoms with Crippen LogP contribution in [0.5, 0.6) is 0 Å². The Bertz CT molecular complexity index is 1350. The number of amides is 2. The fourth-order valence-corrected chi connectivity index (χ4v) is 10.1. The van der Waals surface area contributed by atoms with Crippen molar-refractivity contribution < 1.29 is 74.5 Å². The van der Waals surface area contributed by atoms with Crippen LogP contribution >= 0.6 is 0 Å². The Morgan fingerprint density at radius 2 is 0.959 bits per heavy atom. The van der Waals surface area contributed by atoms with E-state index < -0.39 is 117 Å². The first-order chi connectivity index (χ1) is 35.2. The maximum Gasteiger partial charge on any atom is 0.249 e. The molecule has 2 amide bonds. The summed E-state index contributed by atoms with van der Waals surface area (Å²) in [6.45, 7) is 5.88. The van der Waals surface area contributed by atoms with E-state index in [0.717, 1.165) is 57.8 Å². The molecule has 11 N–H and O–H groups in total. The summed E-state index contributed by atoms with van der Waals surface area (Å²) in [6, 6.07) is -2.67. The number of unbranched alkanes of at least 4 members (excludes halogenated alkanes) is 27. The van der Waals surface area contributed by atoms with Gasteiger partial charge in [0.25, 0.3) is 0 Å². The third-order valence-electron chi connectivity index (χ3n) is 14.9. The van der Waals surface area contributed by atoms with Crippen LogP contribution < -0.4 is 10.6 Å². The zero-order chi connectivity index (χ0) is 53.8. The summed E-state index contributed by atoms with van der Waals surface area (Å²) < 4.78 is 23.2. The van der Waals surface area contributed by atoms with Gasteiger partial charge in [0.05, 0.1) is 32.0 Å². The highest BCUT2D eigenvalue weighted by Crippen LogP contribution is 2.30. The van der Waals surface area contributed by atoms with E-state index in [1.807, 2.05) is 0 Å². The first-order valence-corrected chi connectivity index (χ1v) is 29.3. The van der Waals surface area contributed by atoms with Crippen LogP contribution in [0.2, 0.25) is 0 Å². The topological polar surface area (TPSA) is 277 Å². The molecule has 0 radical (unpaired) electrons. The third kappa shape index (κ3) is 28.6. The van der Waals surface area contributed by atoms with Crippen molar-refractivity contribution in [1.29, 1.82) is 0 Å². The van der Waals surface area contributed by atoms with E-state index in [-0.39, 0.29) is 12.8 Å². The van der Waals surface area contributed by atoms with Crippen molar-refractivity contribution in [3.8, 4) is 0 Å². The van der Waals surface area contributed by atoms with Crippen LogP contribution in [-0.4, -0.2) is 163 Å². The minimum atomic E-state index is -1.86. The molecule has 2 rings (SSSR count). The molecule has 0 spiro atoms. The van der Waals surface area contributed by atoms with Gasteiger partial charge < -0.3 is 75.5 Å². The lowest BCUT2D eigenvalue weighted by atomic mass is 9.95. The molecule has 2 aliphatic heterocycles. The van der Waals surface area contributed by atoms with Gasteiger partial charge in [-0.25, -0.2) is 0 Å². The maximum atomic E-state index is 13.4. The van der Waals surface area contributed by atoms with Crippen LogP contribution in [-0.2, 0) is 28.5 Å². The van der Waals surface area contributed by atoms with Gasteiger partial charge in [0.2, 0.25) is 11.8 Å². The minimum Gasteiger partial charge on any atom is -0.394 e. The molecule has 17 nitrogen and oxygen atoms in total. The summed E-state index contributed by atoms with van der Waals surface area (Å²) in [5, 5.41) is 102. The fourth-order valence-electron chi connectivity index (χ4n) is 10.1. The van der Waals surface area contributed by atoms with Crippen LogP contribution in [0.15, 0.2) is 0 Å². The molecule has 0 unspecified atom stereocenters. The SMILES string of the molecule is CCCCCCCCCCCCCCCCCCCCC[C@@H](O)C(=O)N[C@@H](CO[C@H]1O[C@H](CO)[C@H](O[C@H]2O[C@H](CO)[C@@H](O)[C@H](O)[C@H]2NC(C)=O)[C@H](O)[C@H]1O)[C@H](O)[C@H](O)CCCCCCCCCCCCC(C)C. The molecule has 17 heteroatoms. The van der Waals surface area contributed by atoms with E-state index >= 15 is 0 Å². The lowest BCUT2D eigenvalue weighted by molar-refractivity contribution is -0.347. The summed E-state index contributed by atoms with van der Waals surface area (Å²) >= 11 is 0. The van der Waals surface area contributed by atoms with Gasteiger partial charge in [-0.15, -0.1) is 0 Å². The van der Waals surface area contributed by atoms with Gasteiger partial charge in [-0.05, 0) is 18.8 Å². The maximum absolute atomic E-state index is 13.4. The number of hydrogen-bond acceptors (Lipinski definition) is 15. The van der Waals surface area contributed by atoms with E-state index in [1.165, 1.54) is 135 Å². The quantitative estimate of drug-likeness (QED) is 0.0291. The minimum absolute atomic E-state index is 0.202. The van der Waals surface area contributed by atoms with Crippen molar-refractivity contribution in [3.63, 3.8) is 0 Å². The van der Waals surface area contributed by atoms with Crippen LogP contribution in [0.4, 0.5) is 0 Å². The van der Waals surface area contributed by atoms with Gasteiger partial charge in [0.15, 0.2) is 12.6 Å². The Morgan fingerprint density at radius 3 is 1.40 bits per heavy atom. The second kappa shape index (κ2) is 41.5. The van der Waals surface area contributed by atoms with E-state index in [1.54, 1.807) is 0 Å². The molecule has 73 heavy (non-hydrogen) atoms. The molecule has 0 saturated carbocycles. The Morgan fingerprint density at radius 1 is 0.534 bits per heavy atom. The zero-order valence-electron chi connectivity index (χ0n) is 45.9. The van der Waals surface area contributed by atoms with Crippen molar-refractivity contribution in [1.82, 2.24) is 10.6 Å². The predicted octanol–water partition coefficient (Wildman–Crippen LogP) is 6.50. The fraction of sp³-hybridized carbons (Fsp3) is 0.964. The van der Waals surface area contributed by atoms with Gasteiger partial charge in [-0.3, -0.25) is 9.59 Å². The zero-order valence-corrected chi connectivity index (χ0v) is 45.9. The second-order valence-corrected chi connectivity index (χ2v) is 21.9. The van der Waals surface area contributed by atoms with Crippen molar-refractivity contribution in [2.75, 3.05) is 19.8 Å². The van der Waals surface area contributed by atoms with Gasteiger partial charge in [-0.2, -0.15) is 0 Å². The van der Waals surface area contributed by atoms with E-state index in [0.29, 0.717) is 12.8 Å². The Kier molecular flexibility index (Phi) is 38.4. The van der Waals surface area contributed by atoms with E-state index in [4.69, 9.17) is 18.9 Å². The molecule has 2 heterocycles. The van der Waals surface area contributed by atoms with Gasteiger partial charge >= 0.3 is 0 Å². The highest BCUT2D eigenvalue weighted by atomic mass is 16.7. The van der Waals surface area contributed by atoms with Crippen molar-refractivity contribution in [3.05, 3.63) is 0 Å². The highest BCUT2D eigenvalue weighted by molar-refractivity contribution is 5.80. The monoisotopic (exact) mass is 1050 g/mol. The summed E-state index contributed by atoms with van der Waals surface area (Å²) in [5.74, 6) is -0.626. The number of carbonyl (C=O) groups is 2. The molecular formula is C56H108N2O15. The Balaban J connectivity index is 1.90. The standard InChI is InChI=1S/C56H108N2O15/c1-5-6-7-8-9-10-11-12-13-14-15-16-17-18-19-24-27-30-33-36-44(63)54(69)58-42(48(64)43(62)35-32-29-26-23-21-20-22-25-28-31-34-40(2)3)39-70-56-52(68)51(67)53(46(38-60)72-56)73-55-47(57-41(4)61)50(66)49(65)45(37-59)71-55/h40,42-53,55-56,59-60,62-68H,5-39H2,1-4H3,(H,57,61)(H,58,69)/t42-,43+,44+,45+,46+,47+,48-,49+,50+,51+,52+,53-,55+,56-/m0/s1. The molecule has 432 valence electrons. The highest BCUT2D eigenvalue weighted by Gasteiger charge is 2.51. The smallest absolute Gasteiger partial charge is 0.249 e. The van der Waals surface area contributed by atoms with Crippen molar-refractivity contribution >= 4 is 11.8 Å². The Hall–Kier alpha value is -1.58. The number of nitrogens with one attached hydrogen (secondary N) is 2. The number of aliphatic hydroxyl groups is 9. The lowest BCUT2D eigenvalue weighted by Crippen LogP contribution is -2.67. The molecule has 14 atom stereocenters. The molecule has 2 fully saturated rings. The molecular weight excluding hydrogens is 941 g/mol. The van der Waals surface area contributed by atoms with Crippen LogP contribution in [0, 0.1) is 5.92 Å². The number of hydrogen-bond donors (Lipinski definition) is 11. The normalized spacial score (nSPS) is 26.2. The summed E-state index contributed by atoms with van der Waals surface area (Å²) in [4.78, 5) is 25.4. The molecule has 2 saturated heterocycles. The van der Waals surface area contributed by atoms with Crippen LogP contribution in [0.25, 0.3) is 0 Å². The molecule has 0 aromatic heterocycles. The number of carbonyl (C=O) groups excluding carboxylic acids is 2. The second-order valence-electron chi connectivity index (χ2n) is 21.9. The Labute approximate surface area is 440 Å². The van der Waals surface area contributed by atoms with Gasteiger partial charge in [-0.1, -0.05) is 213 Å².